The molecule has 0 radical (unpaired) electrons. The lowest BCUT2D eigenvalue weighted by atomic mass is 10.1. The molecular weight excluding hydrogens is 408 g/mol. The van der Waals surface area contributed by atoms with Gasteiger partial charge in [0, 0.05) is 11.6 Å². The molecule has 0 amide bonds. The molecule has 0 N–H and O–H groups in total. The molecule has 1 aromatic heterocycles. The number of carbonyl (C=O) groups is 1. The van der Waals surface area contributed by atoms with Gasteiger partial charge in [-0.1, -0.05) is 17.7 Å². The standard InChI is InChI=1S/C23H21ClO6/c1-2-27-23(26)17-12-21(17)29-11-10-28-15-8-6-14(7-9-15)20-13-19(25)16-4-3-5-18(24)22(16)30-20/h3-9,13,17,21H,2,10-12H2,1H3/t17?,21-/m1/s1. The zero-order valence-electron chi connectivity index (χ0n) is 16.4. The molecule has 1 heterocycles. The molecule has 0 saturated heterocycles. The molecule has 1 saturated carbocycles. The number of ether oxygens (including phenoxy) is 3. The summed E-state index contributed by atoms with van der Waals surface area (Å²) in [7, 11) is 0. The van der Waals surface area contributed by atoms with Crippen molar-refractivity contribution in [1.82, 2.24) is 0 Å². The van der Waals surface area contributed by atoms with Crippen LogP contribution in [0.1, 0.15) is 13.3 Å². The van der Waals surface area contributed by atoms with Crippen LogP contribution in [-0.2, 0) is 14.3 Å². The van der Waals surface area contributed by atoms with E-state index in [1.54, 1.807) is 37.3 Å². The summed E-state index contributed by atoms with van der Waals surface area (Å²) in [4.78, 5) is 23.9. The van der Waals surface area contributed by atoms with E-state index >= 15 is 0 Å². The minimum Gasteiger partial charge on any atom is -0.491 e. The van der Waals surface area contributed by atoms with Crippen molar-refractivity contribution in [1.29, 1.82) is 0 Å². The molecule has 1 unspecified atom stereocenters. The third kappa shape index (κ3) is 4.50. The number of hydrogen-bond donors (Lipinski definition) is 0. The normalized spacial score (nSPS) is 17.7. The van der Waals surface area contributed by atoms with Crippen molar-refractivity contribution in [2.75, 3.05) is 19.8 Å². The van der Waals surface area contributed by atoms with Crippen LogP contribution < -0.4 is 10.2 Å². The van der Waals surface area contributed by atoms with Crippen LogP contribution in [0, 0.1) is 5.92 Å². The number of hydrogen-bond acceptors (Lipinski definition) is 6. The van der Waals surface area contributed by atoms with Gasteiger partial charge in [-0.3, -0.25) is 9.59 Å². The molecule has 1 aliphatic carbocycles. The largest absolute Gasteiger partial charge is 0.491 e. The van der Waals surface area contributed by atoms with Crippen LogP contribution in [0.2, 0.25) is 5.02 Å². The average Bonchev–Trinajstić information content (AvgIpc) is 3.52. The number of benzene rings is 2. The SMILES string of the molecule is CCOC(=O)C1C[C@H]1OCCOc1ccc(-c2cc(=O)c3cccc(Cl)c3o2)cc1. The molecule has 2 aromatic carbocycles. The van der Waals surface area contributed by atoms with Crippen molar-refractivity contribution < 1.29 is 23.4 Å². The van der Waals surface area contributed by atoms with E-state index < -0.39 is 0 Å². The molecule has 4 rings (SSSR count). The Morgan fingerprint density at radius 2 is 1.97 bits per heavy atom. The molecule has 0 bridgehead atoms. The Hall–Kier alpha value is -2.83. The van der Waals surface area contributed by atoms with Crippen LogP contribution in [0.4, 0.5) is 0 Å². The van der Waals surface area contributed by atoms with Crippen molar-refractivity contribution in [3.63, 3.8) is 0 Å². The molecule has 0 aliphatic heterocycles. The lowest BCUT2D eigenvalue weighted by molar-refractivity contribution is -0.145. The zero-order chi connectivity index (χ0) is 21.1. The second-order valence-electron chi connectivity index (χ2n) is 6.97. The molecule has 6 nitrogen and oxygen atoms in total. The summed E-state index contributed by atoms with van der Waals surface area (Å²) >= 11 is 6.16. The van der Waals surface area contributed by atoms with Crippen molar-refractivity contribution in [3.05, 3.63) is 63.8 Å². The van der Waals surface area contributed by atoms with Gasteiger partial charge in [-0.05, 0) is 49.7 Å². The van der Waals surface area contributed by atoms with E-state index in [4.69, 9.17) is 30.2 Å². The summed E-state index contributed by atoms with van der Waals surface area (Å²) < 4.78 is 22.1. The highest BCUT2D eigenvalue weighted by Crippen LogP contribution is 2.34. The Balaban J connectivity index is 1.33. The number of carbonyl (C=O) groups excluding carboxylic acids is 1. The van der Waals surface area contributed by atoms with Gasteiger partial charge in [0.15, 0.2) is 11.0 Å². The fourth-order valence-corrected chi connectivity index (χ4v) is 3.43. The monoisotopic (exact) mass is 428 g/mol. The van der Waals surface area contributed by atoms with E-state index in [0.717, 1.165) is 5.56 Å². The second-order valence-corrected chi connectivity index (χ2v) is 7.37. The van der Waals surface area contributed by atoms with Gasteiger partial charge in [0.2, 0.25) is 0 Å². The van der Waals surface area contributed by atoms with E-state index in [2.05, 4.69) is 0 Å². The number of esters is 1. The first-order chi connectivity index (χ1) is 14.6. The van der Waals surface area contributed by atoms with Gasteiger partial charge < -0.3 is 18.6 Å². The van der Waals surface area contributed by atoms with Crippen LogP contribution in [0.5, 0.6) is 5.75 Å². The smallest absolute Gasteiger partial charge is 0.311 e. The summed E-state index contributed by atoms with van der Waals surface area (Å²) in [5.41, 5.74) is 0.973. The molecule has 7 heteroatoms. The first-order valence-corrected chi connectivity index (χ1v) is 10.2. The highest BCUT2D eigenvalue weighted by Gasteiger charge is 2.45. The van der Waals surface area contributed by atoms with E-state index in [0.29, 0.717) is 53.7 Å². The molecule has 1 aliphatic rings. The number of fused-ring (bicyclic) bond motifs is 1. The Morgan fingerprint density at radius 3 is 2.73 bits per heavy atom. The van der Waals surface area contributed by atoms with Crippen LogP contribution in [0.3, 0.4) is 0 Å². The van der Waals surface area contributed by atoms with Crippen LogP contribution in [-0.4, -0.2) is 31.9 Å². The first-order valence-electron chi connectivity index (χ1n) is 9.80. The molecule has 0 spiro atoms. The van der Waals surface area contributed by atoms with Gasteiger partial charge in [0.05, 0.1) is 35.6 Å². The van der Waals surface area contributed by atoms with Gasteiger partial charge in [0.1, 0.15) is 18.1 Å². The summed E-state index contributed by atoms with van der Waals surface area (Å²) in [6.07, 6.45) is 0.631. The van der Waals surface area contributed by atoms with Crippen LogP contribution >= 0.6 is 11.6 Å². The van der Waals surface area contributed by atoms with Gasteiger partial charge in [-0.2, -0.15) is 0 Å². The summed E-state index contributed by atoms with van der Waals surface area (Å²) in [6, 6.07) is 13.8. The molecule has 3 aromatic rings. The Morgan fingerprint density at radius 1 is 1.17 bits per heavy atom. The van der Waals surface area contributed by atoms with E-state index in [1.807, 2.05) is 12.1 Å². The highest BCUT2D eigenvalue weighted by molar-refractivity contribution is 6.34. The maximum Gasteiger partial charge on any atom is 0.311 e. The fraction of sp³-hybridized carbons (Fsp3) is 0.304. The summed E-state index contributed by atoms with van der Waals surface area (Å²) in [5, 5.41) is 0.847. The third-order valence-electron chi connectivity index (χ3n) is 4.85. The maximum absolute atomic E-state index is 12.3. The van der Waals surface area contributed by atoms with Crippen molar-refractivity contribution in [3.8, 4) is 17.1 Å². The van der Waals surface area contributed by atoms with Crippen molar-refractivity contribution >= 4 is 28.5 Å². The van der Waals surface area contributed by atoms with E-state index in [-0.39, 0.29) is 23.4 Å². The van der Waals surface area contributed by atoms with Crippen LogP contribution in [0.15, 0.2) is 57.7 Å². The Bertz CT molecular complexity index is 1100. The predicted molar refractivity (Wildman–Crippen MR) is 113 cm³/mol. The Kier molecular flexibility index (Phi) is 6.06. The number of halogens is 1. The average molecular weight is 429 g/mol. The molecule has 2 atom stereocenters. The molecule has 1 fully saturated rings. The van der Waals surface area contributed by atoms with E-state index in [9.17, 15) is 9.59 Å². The predicted octanol–water partition coefficient (Wildman–Crippen LogP) is 4.46. The minimum atomic E-state index is -0.194. The first kappa shape index (κ1) is 20.4. The summed E-state index contributed by atoms with van der Waals surface area (Å²) in [5.74, 6) is 0.769. The zero-order valence-corrected chi connectivity index (χ0v) is 17.2. The molecular formula is C23H21ClO6. The quantitative estimate of drug-likeness (QED) is 0.389. The topological polar surface area (TPSA) is 75.0 Å². The van der Waals surface area contributed by atoms with Crippen molar-refractivity contribution in [2.45, 2.75) is 19.4 Å². The fourth-order valence-electron chi connectivity index (χ4n) is 3.21. The van der Waals surface area contributed by atoms with Gasteiger partial charge >= 0.3 is 5.97 Å². The lowest BCUT2D eigenvalue weighted by Crippen LogP contribution is -2.13. The number of para-hydroxylation sites is 1. The second kappa shape index (κ2) is 8.90. The van der Waals surface area contributed by atoms with Crippen molar-refractivity contribution in [2.24, 2.45) is 5.92 Å². The van der Waals surface area contributed by atoms with E-state index in [1.165, 1.54) is 6.07 Å². The lowest BCUT2D eigenvalue weighted by Gasteiger charge is -2.08. The maximum atomic E-state index is 12.3. The van der Waals surface area contributed by atoms with Crippen LogP contribution in [0.25, 0.3) is 22.3 Å². The molecule has 30 heavy (non-hydrogen) atoms. The third-order valence-corrected chi connectivity index (χ3v) is 5.15. The van der Waals surface area contributed by atoms with Gasteiger partial charge in [-0.15, -0.1) is 0 Å². The summed E-state index contributed by atoms with van der Waals surface area (Å²) in [6.45, 7) is 2.93. The van der Waals surface area contributed by atoms with Gasteiger partial charge in [-0.25, -0.2) is 0 Å². The number of rotatable bonds is 8. The highest BCUT2D eigenvalue weighted by atomic mass is 35.5. The molecule has 156 valence electrons. The van der Waals surface area contributed by atoms with Gasteiger partial charge in [0.25, 0.3) is 0 Å². The minimum absolute atomic E-state index is 0.0716. The Labute approximate surface area is 178 Å².